The van der Waals surface area contributed by atoms with Crippen LogP contribution in [0.15, 0.2) is 0 Å². The van der Waals surface area contributed by atoms with Gasteiger partial charge in [-0.1, -0.05) is 51.9 Å². The summed E-state index contributed by atoms with van der Waals surface area (Å²) in [7, 11) is 0. The van der Waals surface area contributed by atoms with Crippen LogP contribution in [0, 0.1) is 0 Å². The van der Waals surface area contributed by atoms with Crippen LogP contribution in [0.4, 0.5) is 0 Å². The van der Waals surface area contributed by atoms with E-state index in [1.807, 2.05) is 0 Å². The molecule has 0 aromatic heterocycles. The number of rotatable bonds is 8. The fourth-order valence-electron chi connectivity index (χ4n) is 1.26. The molecule has 0 rings (SSSR count). The van der Waals surface area contributed by atoms with E-state index in [2.05, 4.69) is 6.92 Å². The normalized spacial score (nSPS) is 9.88. The molecule has 0 unspecified atom stereocenters. The summed E-state index contributed by atoms with van der Waals surface area (Å²) in [6, 6.07) is 0. The average molecular weight is 269 g/mol. The predicted octanol–water partition coefficient (Wildman–Crippen LogP) is 5.53. The first-order valence-corrected chi connectivity index (χ1v) is 7.13. The van der Waals surface area contributed by atoms with E-state index in [-0.39, 0.29) is 10.6 Å². The van der Waals surface area contributed by atoms with E-state index in [0.717, 1.165) is 6.42 Å². The molecule has 0 fully saturated rings. The second-order valence-corrected chi connectivity index (χ2v) is 5.49. The summed E-state index contributed by atoms with van der Waals surface area (Å²) < 4.78 is 0. The molecule has 0 aromatic carbocycles. The Hall–Kier alpha value is 0.250. The fourth-order valence-corrected chi connectivity index (χ4v) is 1.56. The first-order valence-electron chi connectivity index (χ1n) is 6.26. The van der Waals surface area contributed by atoms with Gasteiger partial charge in [-0.05, 0) is 20.3 Å². The minimum Gasteiger partial charge on any atom is -0.300 e. The Bertz CT molecular complexity index is 143. The molecule has 0 amide bonds. The van der Waals surface area contributed by atoms with Crippen molar-refractivity contribution >= 4 is 29.0 Å². The topological polar surface area (TPSA) is 17.1 Å². The molecule has 0 N–H and O–H groups in total. The van der Waals surface area contributed by atoms with Crippen molar-refractivity contribution in [1.29, 1.82) is 0 Å². The van der Waals surface area contributed by atoms with E-state index in [4.69, 9.17) is 23.2 Å². The highest BCUT2D eigenvalue weighted by atomic mass is 35.5. The van der Waals surface area contributed by atoms with Crippen molar-refractivity contribution in [3.05, 3.63) is 0 Å². The summed E-state index contributed by atoms with van der Waals surface area (Å²) in [5.41, 5.74) is 0. The number of hydrogen-bond donors (Lipinski definition) is 0. The third-order valence-corrected chi connectivity index (χ3v) is 2.46. The molecular formula is C13H26Cl2O. The van der Waals surface area contributed by atoms with Crippen molar-refractivity contribution in [1.82, 2.24) is 0 Å². The highest BCUT2D eigenvalue weighted by Crippen LogP contribution is 2.14. The molecule has 98 valence electrons. The van der Waals surface area contributed by atoms with Crippen molar-refractivity contribution in [2.24, 2.45) is 0 Å². The number of alkyl halides is 2. The Labute approximate surface area is 111 Å². The van der Waals surface area contributed by atoms with E-state index < -0.39 is 0 Å². The molecule has 16 heavy (non-hydrogen) atoms. The molecule has 0 saturated heterocycles. The highest BCUT2D eigenvalue weighted by Gasteiger charge is 1.97. The maximum absolute atomic E-state index is 9.44. The number of unbranched alkanes of at least 4 members (excludes halogenated alkanes) is 6. The van der Waals surface area contributed by atoms with Gasteiger partial charge in [0.15, 0.2) is 0 Å². The highest BCUT2D eigenvalue weighted by molar-refractivity contribution is 6.44. The van der Waals surface area contributed by atoms with Crippen molar-refractivity contribution in [2.45, 2.75) is 77.0 Å². The van der Waals surface area contributed by atoms with Crippen molar-refractivity contribution < 1.29 is 4.79 Å². The lowest BCUT2D eigenvalue weighted by atomic mass is 10.1. The zero-order valence-corrected chi connectivity index (χ0v) is 12.4. The van der Waals surface area contributed by atoms with E-state index in [0.29, 0.717) is 0 Å². The molecule has 0 spiro atoms. The van der Waals surface area contributed by atoms with Gasteiger partial charge in [-0.15, -0.1) is 23.2 Å². The zero-order chi connectivity index (χ0) is 12.8. The first-order chi connectivity index (χ1) is 7.50. The van der Waals surface area contributed by atoms with Gasteiger partial charge in [0.25, 0.3) is 0 Å². The lowest BCUT2D eigenvalue weighted by molar-refractivity contribution is -0.114. The first kappa shape index (κ1) is 18.6. The Morgan fingerprint density at radius 3 is 1.69 bits per heavy atom. The molecule has 1 nitrogen and oxygen atoms in total. The van der Waals surface area contributed by atoms with Crippen molar-refractivity contribution in [3.63, 3.8) is 0 Å². The van der Waals surface area contributed by atoms with Crippen LogP contribution >= 0.6 is 23.2 Å². The molecule has 0 atom stereocenters. The fraction of sp³-hybridized carbons (Fsp3) is 0.923. The summed E-state index contributed by atoms with van der Waals surface area (Å²) in [6.45, 7) is 5.30. The molecular weight excluding hydrogens is 243 g/mol. The van der Waals surface area contributed by atoms with Crippen LogP contribution in [0.2, 0.25) is 0 Å². The van der Waals surface area contributed by atoms with Crippen molar-refractivity contribution in [2.75, 3.05) is 0 Å². The van der Waals surface area contributed by atoms with Gasteiger partial charge in [0.05, 0.1) is 0 Å². The minimum absolute atomic E-state index is 0.152. The van der Waals surface area contributed by atoms with E-state index >= 15 is 0 Å². The third kappa shape index (κ3) is 29.2. The third-order valence-electron chi connectivity index (χ3n) is 2.03. The van der Waals surface area contributed by atoms with Gasteiger partial charge < -0.3 is 4.79 Å². The van der Waals surface area contributed by atoms with Gasteiger partial charge in [0.2, 0.25) is 0 Å². The predicted molar refractivity (Wildman–Crippen MR) is 74.5 cm³/mol. The second-order valence-electron chi connectivity index (χ2n) is 4.21. The molecule has 0 saturated carbocycles. The molecule has 0 aliphatic heterocycles. The van der Waals surface area contributed by atoms with Gasteiger partial charge in [-0.25, -0.2) is 0 Å². The largest absolute Gasteiger partial charge is 0.300 e. The zero-order valence-electron chi connectivity index (χ0n) is 10.9. The maximum atomic E-state index is 9.44. The summed E-state index contributed by atoms with van der Waals surface area (Å²) in [5, 5.41) is 0. The van der Waals surface area contributed by atoms with Gasteiger partial charge in [-0.3, -0.25) is 0 Å². The van der Waals surface area contributed by atoms with Crippen LogP contribution in [0.1, 0.15) is 72.1 Å². The molecule has 0 radical (unpaired) electrons. The van der Waals surface area contributed by atoms with Crippen LogP contribution in [0.3, 0.4) is 0 Å². The number of carbonyl (C=O) groups is 1. The standard InChI is InChI=1S/C10H20Cl2.C3H6O/c1-2-3-4-5-6-7-8-9-10(11)12;1-3(2)4/h10H,2-9H2,1H3;1-2H3. The number of halogens is 2. The van der Waals surface area contributed by atoms with Gasteiger partial charge in [0, 0.05) is 0 Å². The van der Waals surface area contributed by atoms with E-state index in [1.165, 1.54) is 58.8 Å². The number of carbonyl (C=O) groups excluding carboxylic acids is 1. The molecule has 0 bridgehead atoms. The van der Waals surface area contributed by atoms with E-state index in [9.17, 15) is 4.79 Å². The molecule has 0 aliphatic carbocycles. The van der Waals surface area contributed by atoms with E-state index in [1.54, 1.807) is 0 Å². The van der Waals surface area contributed by atoms with Crippen molar-refractivity contribution in [3.8, 4) is 0 Å². The van der Waals surface area contributed by atoms with Gasteiger partial charge in [0.1, 0.15) is 10.6 Å². The summed E-state index contributed by atoms with van der Waals surface area (Å²) in [4.78, 5) is 9.29. The molecule has 0 heterocycles. The minimum atomic E-state index is -0.152. The SMILES string of the molecule is CC(C)=O.CCCCCCCCCC(Cl)Cl. The summed E-state index contributed by atoms with van der Waals surface area (Å²) in [6.07, 6.45) is 10.3. The maximum Gasteiger partial charge on any atom is 0.126 e. The smallest absolute Gasteiger partial charge is 0.126 e. The summed E-state index contributed by atoms with van der Waals surface area (Å²) >= 11 is 11.2. The van der Waals surface area contributed by atoms with Crippen LogP contribution in [0.25, 0.3) is 0 Å². The molecule has 0 aliphatic rings. The average Bonchev–Trinajstić information content (AvgIpc) is 2.15. The monoisotopic (exact) mass is 268 g/mol. The van der Waals surface area contributed by atoms with Crippen LogP contribution in [0.5, 0.6) is 0 Å². The Balaban J connectivity index is 0. The Kier molecular flexibility index (Phi) is 17.7. The Morgan fingerprint density at radius 1 is 0.938 bits per heavy atom. The number of ketones is 1. The lowest BCUT2D eigenvalue weighted by Gasteiger charge is -2.01. The molecule has 0 aromatic rings. The Morgan fingerprint density at radius 2 is 1.31 bits per heavy atom. The molecule has 3 heteroatoms. The van der Waals surface area contributed by atoms with Crippen LogP contribution in [-0.2, 0) is 4.79 Å². The van der Waals surface area contributed by atoms with Gasteiger partial charge >= 0.3 is 0 Å². The number of hydrogen-bond acceptors (Lipinski definition) is 1. The van der Waals surface area contributed by atoms with Gasteiger partial charge in [-0.2, -0.15) is 0 Å². The summed E-state index contributed by atoms with van der Waals surface area (Å²) in [5.74, 6) is 0.167. The quantitative estimate of drug-likeness (QED) is 0.418. The van der Waals surface area contributed by atoms with Crippen LogP contribution in [-0.4, -0.2) is 10.6 Å². The van der Waals surface area contributed by atoms with Crippen LogP contribution < -0.4 is 0 Å². The lowest BCUT2D eigenvalue weighted by Crippen LogP contribution is -1.86. The number of Topliss-reactive ketones (excluding diaryl/α,β-unsaturated/α-hetero) is 1. The second kappa shape index (κ2) is 15.2.